The monoisotopic (exact) mass is 217 g/mol. The molecular formula is C9H16BrN. The van der Waals surface area contributed by atoms with Crippen LogP contribution in [0.15, 0.2) is 11.1 Å². The average Bonchev–Trinajstić information content (AvgIpc) is 1.83. The first-order valence-corrected chi connectivity index (χ1v) is 4.96. The first-order chi connectivity index (χ1) is 5.12. The Morgan fingerprint density at radius 2 is 2.27 bits per heavy atom. The maximum absolute atomic E-state index is 3.77. The summed E-state index contributed by atoms with van der Waals surface area (Å²) in [6, 6.07) is 0. The van der Waals surface area contributed by atoms with E-state index in [9.17, 15) is 0 Å². The zero-order valence-electron chi connectivity index (χ0n) is 7.12. The van der Waals surface area contributed by atoms with Crippen LogP contribution in [0.4, 0.5) is 0 Å². The Morgan fingerprint density at radius 1 is 1.64 bits per heavy atom. The van der Waals surface area contributed by atoms with Crippen molar-refractivity contribution in [2.45, 2.75) is 26.2 Å². The molecule has 0 bridgehead atoms. The van der Waals surface area contributed by atoms with Crippen molar-refractivity contribution < 1.29 is 0 Å². The zero-order valence-corrected chi connectivity index (χ0v) is 8.71. The Labute approximate surface area is 77.4 Å². The molecule has 0 atom stereocenters. The van der Waals surface area contributed by atoms with Crippen molar-refractivity contribution >= 4 is 15.9 Å². The minimum atomic E-state index is 0.586. The molecular weight excluding hydrogens is 202 g/mol. The summed E-state index contributed by atoms with van der Waals surface area (Å²) < 4.78 is 1.04. The normalized spacial score (nSPS) is 20.9. The molecule has 1 N–H and O–H groups in total. The van der Waals surface area contributed by atoms with Crippen LogP contribution >= 0.6 is 15.9 Å². The average molecular weight is 218 g/mol. The quantitative estimate of drug-likeness (QED) is 0.764. The van der Waals surface area contributed by atoms with Gasteiger partial charge in [0, 0.05) is 17.6 Å². The first kappa shape index (κ1) is 9.27. The highest BCUT2D eigenvalue weighted by Gasteiger charge is 2.30. The molecule has 0 radical (unpaired) electrons. The van der Waals surface area contributed by atoms with Crippen LogP contribution in [-0.4, -0.2) is 13.1 Å². The predicted molar refractivity (Wildman–Crippen MR) is 52.9 cm³/mol. The smallest absolute Gasteiger partial charge is 0.0265 e. The fraction of sp³-hybridized carbons (Fsp3) is 0.778. The van der Waals surface area contributed by atoms with E-state index < -0.39 is 0 Å². The van der Waals surface area contributed by atoms with Gasteiger partial charge >= 0.3 is 0 Å². The summed E-state index contributed by atoms with van der Waals surface area (Å²) in [4.78, 5) is 0. The van der Waals surface area contributed by atoms with Crippen LogP contribution in [0.5, 0.6) is 0 Å². The highest BCUT2D eigenvalue weighted by atomic mass is 79.9. The number of hydrogen-bond donors (Lipinski definition) is 1. The Kier molecular flexibility index (Phi) is 3.14. The molecule has 1 nitrogen and oxygen atoms in total. The minimum Gasteiger partial charge on any atom is -0.312 e. The van der Waals surface area contributed by atoms with E-state index in [1.54, 1.807) is 0 Å². The van der Waals surface area contributed by atoms with Crippen molar-refractivity contribution in [2.24, 2.45) is 5.41 Å². The first-order valence-electron chi connectivity index (χ1n) is 4.16. The minimum absolute atomic E-state index is 0.586. The van der Waals surface area contributed by atoms with Gasteiger partial charge in [-0.3, -0.25) is 0 Å². The van der Waals surface area contributed by atoms with Gasteiger partial charge in [0.05, 0.1) is 0 Å². The van der Waals surface area contributed by atoms with Crippen LogP contribution in [-0.2, 0) is 0 Å². The maximum atomic E-state index is 3.77. The lowest BCUT2D eigenvalue weighted by atomic mass is 9.70. The van der Waals surface area contributed by atoms with Gasteiger partial charge in [0.25, 0.3) is 0 Å². The largest absolute Gasteiger partial charge is 0.312 e. The van der Waals surface area contributed by atoms with Crippen LogP contribution in [0.25, 0.3) is 0 Å². The molecule has 0 spiro atoms. The molecule has 0 unspecified atom stereocenters. The summed E-state index contributed by atoms with van der Waals surface area (Å²) in [6.45, 7) is 8.16. The van der Waals surface area contributed by atoms with E-state index in [4.69, 9.17) is 0 Å². The van der Waals surface area contributed by atoms with Gasteiger partial charge in [-0.25, -0.2) is 0 Å². The van der Waals surface area contributed by atoms with Gasteiger partial charge in [-0.2, -0.15) is 0 Å². The fourth-order valence-electron chi connectivity index (χ4n) is 1.46. The van der Waals surface area contributed by atoms with Crippen molar-refractivity contribution in [2.75, 3.05) is 13.1 Å². The second-order valence-electron chi connectivity index (χ2n) is 3.79. The Morgan fingerprint density at radius 3 is 2.64 bits per heavy atom. The lowest BCUT2D eigenvalue weighted by Crippen LogP contribution is -2.37. The molecule has 0 saturated heterocycles. The molecule has 0 aromatic rings. The van der Waals surface area contributed by atoms with Crippen molar-refractivity contribution in [3.8, 4) is 0 Å². The summed E-state index contributed by atoms with van der Waals surface area (Å²) in [5.41, 5.74) is 0.586. The molecule has 0 amide bonds. The molecule has 0 heterocycles. The summed E-state index contributed by atoms with van der Waals surface area (Å²) >= 11 is 3.33. The van der Waals surface area contributed by atoms with E-state index in [1.165, 1.54) is 19.3 Å². The molecule has 0 aromatic carbocycles. The van der Waals surface area contributed by atoms with Gasteiger partial charge < -0.3 is 5.32 Å². The molecule has 0 aliphatic heterocycles. The topological polar surface area (TPSA) is 12.0 Å². The molecule has 1 aliphatic carbocycles. The Bertz CT molecular complexity index is 150. The van der Waals surface area contributed by atoms with E-state index in [0.717, 1.165) is 17.6 Å². The molecule has 64 valence electrons. The molecule has 1 fully saturated rings. The van der Waals surface area contributed by atoms with Crippen LogP contribution in [0.1, 0.15) is 26.2 Å². The molecule has 1 rings (SSSR count). The van der Waals surface area contributed by atoms with E-state index in [-0.39, 0.29) is 0 Å². The van der Waals surface area contributed by atoms with Gasteiger partial charge in [0.15, 0.2) is 0 Å². The molecule has 1 aliphatic rings. The van der Waals surface area contributed by atoms with E-state index in [1.807, 2.05) is 0 Å². The van der Waals surface area contributed by atoms with Gasteiger partial charge in [0.2, 0.25) is 0 Å². The molecule has 2 heteroatoms. The van der Waals surface area contributed by atoms with Crippen LogP contribution < -0.4 is 5.32 Å². The lowest BCUT2D eigenvalue weighted by Gasteiger charge is -2.38. The van der Waals surface area contributed by atoms with E-state index >= 15 is 0 Å². The molecule has 1 saturated carbocycles. The summed E-state index contributed by atoms with van der Waals surface area (Å²) in [5, 5.41) is 3.38. The lowest BCUT2D eigenvalue weighted by molar-refractivity contribution is 0.159. The number of nitrogens with one attached hydrogen (secondary N) is 1. The maximum Gasteiger partial charge on any atom is 0.0265 e. The second kappa shape index (κ2) is 3.72. The van der Waals surface area contributed by atoms with Crippen molar-refractivity contribution in [3.05, 3.63) is 11.1 Å². The second-order valence-corrected chi connectivity index (χ2v) is 4.91. The van der Waals surface area contributed by atoms with Gasteiger partial charge in [-0.1, -0.05) is 35.9 Å². The summed E-state index contributed by atoms with van der Waals surface area (Å²) in [6.07, 6.45) is 4.18. The van der Waals surface area contributed by atoms with E-state index in [2.05, 4.69) is 34.7 Å². The standard InChI is InChI=1S/C9H16BrN/c1-8(10)6-11-7-9(2)4-3-5-9/h11H,1,3-7H2,2H3. The van der Waals surface area contributed by atoms with Gasteiger partial charge in [0.1, 0.15) is 0 Å². The molecule has 11 heavy (non-hydrogen) atoms. The third-order valence-electron chi connectivity index (χ3n) is 2.43. The molecule has 0 aromatic heterocycles. The highest BCUT2D eigenvalue weighted by Crippen LogP contribution is 2.39. The zero-order chi connectivity index (χ0) is 8.32. The number of halogens is 1. The van der Waals surface area contributed by atoms with Crippen molar-refractivity contribution in [1.29, 1.82) is 0 Å². The fourth-order valence-corrected chi connectivity index (χ4v) is 1.66. The van der Waals surface area contributed by atoms with E-state index in [0.29, 0.717) is 5.41 Å². The number of rotatable bonds is 4. The summed E-state index contributed by atoms with van der Waals surface area (Å²) in [5.74, 6) is 0. The third-order valence-corrected chi connectivity index (χ3v) is 2.71. The van der Waals surface area contributed by atoms with Crippen LogP contribution in [0.2, 0.25) is 0 Å². The predicted octanol–water partition coefficient (Wildman–Crippen LogP) is 2.67. The van der Waals surface area contributed by atoms with Gasteiger partial charge in [-0.05, 0) is 18.3 Å². The van der Waals surface area contributed by atoms with Crippen LogP contribution in [0.3, 0.4) is 0 Å². The highest BCUT2D eigenvalue weighted by molar-refractivity contribution is 9.11. The van der Waals surface area contributed by atoms with Crippen molar-refractivity contribution in [1.82, 2.24) is 5.32 Å². The Balaban J connectivity index is 2.07. The van der Waals surface area contributed by atoms with Gasteiger partial charge in [-0.15, -0.1) is 0 Å². The van der Waals surface area contributed by atoms with Crippen molar-refractivity contribution in [3.63, 3.8) is 0 Å². The Hall–Kier alpha value is 0.180. The van der Waals surface area contributed by atoms with Crippen LogP contribution in [0, 0.1) is 5.41 Å². The summed E-state index contributed by atoms with van der Waals surface area (Å²) in [7, 11) is 0. The number of hydrogen-bond acceptors (Lipinski definition) is 1. The SMILES string of the molecule is C=C(Br)CNCC1(C)CCC1. The third kappa shape index (κ3) is 2.96.